The summed E-state index contributed by atoms with van der Waals surface area (Å²) in [6.07, 6.45) is 3.82. The molecule has 2 aromatic rings. The van der Waals surface area contributed by atoms with Crippen molar-refractivity contribution < 1.29 is 14.3 Å². The van der Waals surface area contributed by atoms with Gasteiger partial charge in [-0.2, -0.15) is 0 Å². The van der Waals surface area contributed by atoms with Gasteiger partial charge in [-0.05, 0) is 31.0 Å². The predicted octanol–water partition coefficient (Wildman–Crippen LogP) is 2.04. The quantitative estimate of drug-likeness (QED) is 0.881. The van der Waals surface area contributed by atoms with Gasteiger partial charge in [0.15, 0.2) is 0 Å². The van der Waals surface area contributed by atoms with E-state index in [1.54, 1.807) is 30.5 Å². The van der Waals surface area contributed by atoms with Crippen molar-refractivity contribution in [3.05, 3.63) is 59.0 Å². The van der Waals surface area contributed by atoms with Crippen molar-refractivity contribution >= 4 is 11.6 Å². The fraction of sp³-hybridized carbons (Fsp3) is 0.333. The molecule has 6 heteroatoms. The summed E-state index contributed by atoms with van der Waals surface area (Å²) in [5.74, 6) is 0.416. The zero-order chi connectivity index (χ0) is 16.8. The number of nitrogens with one attached hydrogen (secondary N) is 1. The predicted molar refractivity (Wildman–Crippen MR) is 90.2 cm³/mol. The number of pyridine rings is 1. The van der Waals surface area contributed by atoms with Gasteiger partial charge in [-0.25, -0.2) is 0 Å². The van der Waals surface area contributed by atoms with Crippen molar-refractivity contribution in [2.75, 3.05) is 18.5 Å². The number of carbonyl (C=O) groups is 1. The van der Waals surface area contributed by atoms with E-state index in [4.69, 9.17) is 9.47 Å². The molecule has 1 N–H and O–H groups in total. The number of amides is 1. The van der Waals surface area contributed by atoms with Crippen molar-refractivity contribution in [2.45, 2.75) is 25.5 Å². The maximum absolute atomic E-state index is 12.1. The Kier molecular flexibility index (Phi) is 5.28. The Bertz CT molecular complexity index is 750. The van der Waals surface area contributed by atoms with Gasteiger partial charge in [-0.3, -0.25) is 9.59 Å². The number of hydrogen-bond acceptors (Lipinski definition) is 4. The van der Waals surface area contributed by atoms with Crippen molar-refractivity contribution in [1.82, 2.24) is 4.57 Å². The van der Waals surface area contributed by atoms with Crippen molar-refractivity contribution in [3.63, 3.8) is 0 Å². The molecule has 126 valence electrons. The average molecular weight is 328 g/mol. The SMILES string of the molecule is O=C(Cn1ccccc1=O)Nc1cccc(OCC2CCCO2)c1. The number of anilines is 1. The fourth-order valence-electron chi connectivity index (χ4n) is 2.58. The minimum absolute atomic E-state index is 0.0271. The summed E-state index contributed by atoms with van der Waals surface area (Å²) >= 11 is 0. The summed E-state index contributed by atoms with van der Waals surface area (Å²) in [4.78, 5) is 23.7. The van der Waals surface area contributed by atoms with Crippen LogP contribution in [0.1, 0.15) is 12.8 Å². The summed E-state index contributed by atoms with van der Waals surface area (Å²) in [5, 5.41) is 2.78. The van der Waals surface area contributed by atoms with E-state index >= 15 is 0 Å². The molecule has 0 spiro atoms. The molecule has 1 aromatic heterocycles. The summed E-state index contributed by atoms with van der Waals surface area (Å²) in [6, 6.07) is 12.0. The monoisotopic (exact) mass is 328 g/mol. The molecule has 0 aliphatic carbocycles. The van der Waals surface area contributed by atoms with E-state index in [9.17, 15) is 9.59 Å². The second-order valence-corrected chi connectivity index (χ2v) is 5.69. The molecule has 0 saturated carbocycles. The molecule has 1 fully saturated rings. The first-order valence-corrected chi connectivity index (χ1v) is 8.00. The Morgan fingerprint density at radius 2 is 2.21 bits per heavy atom. The number of nitrogens with zero attached hydrogens (tertiary/aromatic N) is 1. The van der Waals surface area contributed by atoms with Crippen LogP contribution in [0.2, 0.25) is 0 Å². The third-order valence-corrected chi connectivity index (χ3v) is 3.79. The zero-order valence-corrected chi connectivity index (χ0v) is 13.3. The minimum atomic E-state index is -0.264. The molecule has 1 aromatic carbocycles. The molecular formula is C18H20N2O4. The van der Waals surface area contributed by atoms with Crippen LogP contribution in [0.5, 0.6) is 5.75 Å². The van der Waals surface area contributed by atoms with Gasteiger partial charge in [0.2, 0.25) is 5.91 Å². The van der Waals surface area contributed by atoms with E-state index in [1.165, 1.54) is 10.6 Å². The van der Waals surface area contributed by atoms with Crippen molar-refractivity contribution in [2.24, 2.45) is 0 Å². The maximum Gasteiger partial charge on any atom is 0.250 e. The lowest BCUT2D eigenvalue weighted by molar-refractivity contribution is -0.116. The van der Waals surface area contributed by atoms with Crippen LogP contribution >= 0.6 is 0 Å². The van der Waals surface area contributed by atoms with E-state index in [0.29, 0.717) is 18.0 Å². The molecule has 6 nitrogen and oxygen atoms in total. The van der Waals surface area contributed by atoms with E-state index < -0.39 is 0 Å². The molecular weight excluding hydrogens is 308 g/mol. The third kappa shape index (κ3) is 4.45. The minimum Gasteiger partial charge on any atom is -0.491 e. The lowest BCUT2D eigenvalue weighted by atomic mass is 10.2. The van der Waals surface area contributed by atoms with Crippen LogP contribution in [-0.4, -0.2) is 29.8 Å². The van der Waals surface area contributed by atoms with Gasteiger partial charge in [0, 0.05) is 30.6 Å². The van der Waals surface area contributed by atoms with E-state index in [0.717, 1.165) is 19.4 Å². The average Bonchev–Trinajstić information content (AvgIpc) is 3.09. The Morgan fingerprint density at radius 3 is 3.00 bits per heavy atom. The molecule has 1 saturated heterocycles. The van der Waals surface area contributed by atoms with Gasteiger partial charge in [-0.1, -0.05) is 12.1 Å². The van der Waals surface area contributed by atoms with Crippen LogP contribution in [-0.2, 0) is 16.1 Å². The Morgan fingerprint density at radius 1 is 1.29 bits per heavy atom. The van der Waals surface area contributed by atoms with Crippen LogP contribution in [0.3, 0.4) is 0 Å². The molecule has 1 amide bonds. The number of benzene rings is 1. The van der Waals surface area contributed by atoms with Crippen LogP contribution in [0.15, 0.2) is 53.5 Å². The fourth-order valence-corrected chi connectivity index (χ4v) is 2.58. The molecule has 24 heavy (non-hydrogen) atoms. The summed E-state index contributed by atoms with van der Waals surface area (Å²) in [5.41, 5.74) is 0.426. The van der Waals surface area contributed by atoms with Gasteiger partial charge in [0.1, 0.15) is 18.9 Å². The molecule has 1 unspecified atom stereocenters. The maximum atomic E-state index is 12.1. The highest BCUT2D eigenvalue weighted by Gasteiger charge is 2.16. The second kappa shape index (κ2) is 7.79. The molecule has 1 aliphatic heterocycles. The molecule has 2 heterocycles. The lowest BCUT2D eigenvalue weighted by Crippen LogP contribution is -2.26. The highest BCUT2D eigenvalue weighted by atomic mass is 16.5. The lowest BCUT2D eigenvalue weighted by Gasteiger charge is -2.13. The first-order valence-electron chi connectivity index (χ1n) is 8.00. The summed E-state index contributed by atoms with van der Waals surface area (Å²) in [7, 11) is 0. The summed E-state index contributed by atoms with van der Waals surface area (Å²) in [6.45, 7) is 1.28. The van der Waals surface area contributed by atoms with Crippen LogP contribution in [0.4, 0.5) is 5.69 Å². The second-order valence-electron chi connectivity index (χ2n) is 5.69. The first-order chi connectivity index (χ1) is 11.7. The number of ether oxygens (including phenoxy) is 2. The summed E-state index contributed by atoms with van der Waals surface area (Å²) < 4.78 is 12.6. The smallest absolute Gasteiger partial charge is 0.250 e. The molecule has 0 radical (unpaired) electrons. The third-order valence-electron chi connectivity index (χ3n) is 3.79. The van der Waals surface area contributed by atoms with Gasteiger partial charge in [0.25, 0.3) is 5.56 Å². The number of aromatic nitrogens is 1. The van der Waals surface area contributed by atoms with Gasteiger partial charge in [-0.15, -0.1) is 0 Å². The zero-order valence-electron chi connectivity index (χ0n) is 13.3. The normalized spacial score (nSPS) is 16.8. The number of carbonyl (C=O) groups excluding carboxylic acids is 1. The Balaban J connectivity index is 1.56. The topological polar surface area (TPSA) is 69.6 Å². The van der Waals surface area contributed by atoms with Crippen LogP contribution < -0.4 is 15.6 Å². The van der Waals surface area contributed by atoms with Gasteiger partial charge >= 0.3 is 0 Å². The Labute approximate surface area is 140 Å². The van der Waals surface area contributed by atoms with Gasteiger partial charge in [0.05, 0.1) is 6.10 Å². The highest BCUT2D eigenvalue weighted by Crippen LogP contribution is 2.19. The van der Waals surface area contributed by atoms with Gasteiger partial charge < -0.3 is 19.4 Å². The number of rotatable bonds is 6. The molecule has 0 bridgehead atoms. The van der Waals surface area contributed by atoms with E-state index in [1.807, 2.05) is 12.1 Å². The van der Waals surface area contributed by atoms with E-state index in [-0.39, 0.29) is 24.1 Å². The Hall–Kier alpha value is -2.60. The van der Waals surface area contributed by atoms with E-state index in [2.05, 4.69) is 5.32 Å². The first kappa shape index (κ1) is 16.3. The molecule has 1 atom stereocenters. The van der Waals surface area contributed by atoms with Crippen molar-refractivity contribution in [3.8, 4) is 5.75 Å². The standard InChI is InChI=1S/C18H20N2O4/c21-17(12-20-9-2-1-8-18(20)22)19-14-5-3-6-15(11-14)24-13-16-7-4-10-23-16/h1-3,5-6,8-9,11,16H,4,7,10,12-13H2,(H,19,21). The largest absolute Gasteiger partial charge is 0.491 e. The molecule has 1 aliphatic rings. The van der Waals surface area contributed by atoms with Crippen LogP contribution in [0, 0.1) is 0 Å². The number of hydrogen-bond donors (Lipinski definition) is 1. The van der Waals surface area contributed by atoms with Crippen LogP contribution in [0.25, 0.3) is 0 Å². The molecule has 3 rings (SSSR count). The van der Waals surface area contributed by atoms with Crippen molar-refractivity contribution in [1.29, 1.82) is 0 Å². The highest BCUT2D eigenvalue weighted by molar-refractivity contribution is 5.90.